The molecule has 8 nitrogen and oxygen atoms in total. The van der Waals surface area contributed by atoms with Crippen LogP contribution in [0.25, 0.3) is 0 Å². The number of amidine groups is 1. The minimum atomic E-state index is -4.28. The van der Waals surface area contributed by atoms with Crippen LogP contribution in [0.1, 0.15) is 66.9 Å². The zero-order valence-corrected chi connectivity index (χ0v) is 23.7. The van der Waals surface area contributed by atoms with Gasteiger partial charge in [0.15, 0.2) is 9.84 Å². The van der Waals surface area contributed by atoms with E-state index in [2.05, 4.69) is 20.9 Å². The van der Waals surface area contributed by atoms with E-state index in [1.165, 1.54) is 19.1 Å². The monoisotopic (exact) mass is 592 g/mol. The third-order valence-corrected chi connectivity index (χ3v) is 9.67. The van der Waals surface area contributed by atoms with Gasteiger partial charge >= 0.3 is 12.2 Å². The van der Waals surface area contributed by atoms with Crippen LogP contribution in [0.15, 0.2) is 27.7 Å². The van der Waals surface area contributed by atoms with Crippen molar-refractivity contribution >= 4 is 43.8 Å². The standard InChI is InChI=1S/C24H31BrF2N2O6S/c1-21(2,3)34-19(30)29(20(31)35-22(4,5)6)18-23(7)11-10-17(36(23,32)33)24(13-26,28-18)15-12-14(25)8-9-16(15)27/h8-9,12,17H,10-11,13H2,1-7H3/t17-,23+,24-/m1/s1. The molecule has 2 bridgehead atoms. The van der Waals surface area contributed by atoms with Gasteiger partial charge < -0.3 is 9.47 Å². The van der Waals surface area contributed by atoms with Gasteiger partial charge in [0, 0.05) is 10.0 Å². The molecule has 2 aliphatic rings. The first kappa shape index (κ1) is 28.5. The molecular weight excluding hydrogens is 562 g/mol. The van der Waals surface area contributed by atoms with Crippen LogP contribution in [0.4, 0.5) is 18.4 Å². The minimum absolute atomic E-state index is 0.0574. The van der Waals surface area contributed by atoms with Gasteiger partial charge in [0.1, 0.15) is 39.8 Å². The van der Waals surface area contributed by atoms with Gasteiger partial charge in [-0.2, -0.15) is 4.90 Å². The van der Waals surface area contributed by atoms with Gasteiger partial charge in [-0.3, -0.25) is 4.99 Å². The Morgan fingerprint density at radius 3 is 2.14 bits per heavy atom. The number of nitrogens with zero attached hydrogens (tertiary/aromatic N) is 2. The molecule has 1 fully saturated rings. The molecule has 3 atom stereocenters. The summed E-state index contributed by atoms with van der Waals surface area (Å²) in [5.41, 5.74) is -4.68. The number of hydrogen-bond donors (Lipinski definition) is 0. The molecule has 1 aromatic carbocycles. The number of sulfone groups is 1. The summed E-state index contributed by atoms with van der Waals surface area (Å²) < 4.78 is 67.2. The maximum absolute atomic E-state index is 15.1. The SMILES string of the molecule is CC(C)(C)OC(=O)N(C(=O)OC(C)(C)C)C1=N[C@](CF)(c2cc(Br)ccc2F)[C@H]2CC[C@]1(C)S2(=O)=O. The van der Waals surface area contributed by atoms with E-state index in [1.807, 2.05) is 0 Å². The third-order valence-electron chi connectivity index (χ3n) is 6.16. The Kier molecular flexibility index (Phi) is 7.15. The Bertz CT molecular complexity index is 1200. The summed E-state index contributed by atoms with van der Waals surface area (Å²) >= 11 is 3.22. The Morgan fingerprint density at radius 1 is 1.14 bits per heavy atom. The number of hydrogen-bond acceptors (Lipinski definition) is 7. The van der Waals surface area contributed by atoms with Gasteiger partial charge in [0.25, 0.3) is 0 Å². The average Bonchev–Trinajstić information content (AvgIpc) is 2.85. The number of fused-ring (bicyclic) bond motifs is 2. The van der Waals surface area contributed by atoms with Gasteiger partial charge in [-0.25, -0.2) is 26.8 Å². The lowest BCUT2D eigenvalue weighted by Gasteiger charge is -2.43. The number of imide groups is 1. The maximum Gasteiger partial charge on any atom is 0.425 e. The van der Waals surface area contributed by atoms with Crippen LogP contribution in [-0.2, 0) is 24.8 Å². The molecule has 2 aliphatic heterocycles. The molecule has 0 radical (unpaired) electrons. The van der Waals surface area contributed by atoms with E-state index in [-0.39, 0.29) is 18.4 Å². The number of halogens is 3. The van der Waals surface area contributed by atoms with E-state index >= 15 is 8.78 Å². The van der Waals surface area contributed by atoms with Crippen LogP contribution < -0.4 is 0 Å². The van der Waals surface area contributed by atoms with Gasteiger partial charge in [-0.1, -0.05) is 15.9 Å². The van der Waals surface area contributed by atoms with Gasteiger partial charge in [0.2, 0.25) is 0 Å². The lowest BCUT2D eigenvalue weighted by Crippen LogP contribution is -2.62. The van der Waals surface area contributed by atoms with Crippen molar-refractivity contribution in [3.63, 3.8) is 0 Å². The quantitative estimate of drug-likeness (QED) is 0.438. The predicted octanol–water partition coefficient (Wildman–Crippen LogP) is 5.67. The molecular formula is C24H31BrF2N2O6S. The number of amides is 2. The van der Waals surface area contributed by atoms with Gasteiger partial charge in [-0.15, -0.1) is 0 Å². The average molecular weight is 593 g/mol. The second-order valence-electron chi connectivity index (χ2n) is 11.2. The third kappa shape index (κ3) is 4.78. The zero-order chi connectivity index (χ0) is 27.5. The zero-order valence-electron chi connectivity index (χ0n) is 21.3. The molecule has 2 amide bonds. The van der Waals surface area contributed by atoms with E-state index in [4.69, 9.17) is 9.47 Å². The van der Waals surface area contributed by atoms with Crippen LogP contribution in [0.5, 0.6) is 0 Å². The van der Waals surface area contributed by atoms with Crippen molar-refractivity contribution in [2.45, 2.75) is 88.0 Å². The lowest BCUT2D eigenvalue weighted by atomic mass is 9.86. The van der Waals surface area contributed by atoms with Crippen molar-refractivity contribution in [2.75, 3.05) is 6.67 Å². The molecule has 0 aromatic heterocycles. The van der Waals surface area contributed by atoms with Crippen molar-refractivity contribution in [3.05, 3.63) is 34.1 Å². The molecule has 0 saturated carbocycles. The van der Waals surface area contributed by atoms with Crippen molar-refractivity contribution in [3.8, 4) is 0 Å². The fourth-order valence-corrected chi connectivity index (χ4v) is 7.50. The highest BCUT2D eigenvalue weighted by atomic mass is 79.9. The van der Waals surface area contributed by atoms with Gasteiger partial charge in [-0.05, 0) is 79.5 Å². The summed E-state index contributed by atoms with van der Waals surface area (Å²) in [6, 6.07) is 3.72. The molecule has 1 saturated heterocycles. The fraction of sp³-hybridized carbons (Fsp3) is 0.625. The Labute approximate surface area is 218 Å². The van der Waals surface area contributed by atoms with E-state index in [0.717, 1.165) is 6.07 Å². The molecule has 0 aliphatic carbocycles. The van der Waals surface area contributed by atoms with Crippen LogP contribution in [0.2, 0.25) is 0 Å². The van der Waals surface area contributed by atoms with Crippen molar-refractivity contribution in [1.82, 2.24) is 4.90 Å². The Hall–Kier alpha value is -2.08. The molecule has 1 aromatic rings. The van der Waals surface area contributed by atoms with E-state index in [1.54, 1.807) is 41.5 Å². The number of carbonyl (C=O) groups is 2. The van der Waals surface area contributed by atoms with Crippen molar-refractivity contribution in [2.24, 2.45) is 4.99 Å². The number of ether oxygens (including phenoxy) is 2. The van der Waals surface area contributed by atoms with Crippen molar-refractivity contribution < 1.29 is 36.3 Å². The first-order chi connectivity index (χ1) is 16.3. The summed E-state index contributed by atoms with van der Waals surface area (Å²) in [5.74, 6) is -1.43. The largest absolute Gasteiger partial charge is 0.443 e. The second kappa shape index (κ2) is 9.04. The normalized spacial score (nSPS) is 27.3. The highest BCUT2D eigenvalue weighted by molar-refractivity contribution is 9.10. The number of alkyl halides is 1. The van der Waals surface area contributed by atoms with Gasteiger partial charge in [0.05, 0.1) is 5.25 Å². The summed E-state index contributed by atoms with van der Waals surface area (Å²) in [4.78, 5) is 31.5. The molecule has 3 rings (SSSR count). The van der Waals surface area contributed by atoms with Crippen LogP contribution in [0, 0.1) is 5.82 Å². The first-order valence-corrected chi connectivity index (χ1v) is 13.7. The number of rotatable bonds is 2. The highest BCUT2D eigenvalue weighted by Crippen LogP contribution is 2.53. The molecule has 0 N–H and O–H groups in total. The molecule has 36 heavy (non-hydrogen) atoms. The molecule has 2 heterocycles. The maximum atomic E-state index is 15.1. The van der Waals surface area contributed by atoms with E-state index in [0.29, 0.717) is 9.37 Å². The second-order valence-corrected chi connectivity index (χ2v) is 14.7. The molecule has 0 spiro atoms. The summed E-state index contributed by atoms with van der Waals surface area (Å²) in [6.45, 7) is 9.31. The minimum Gasteiger partial charge on any atom is -0.443 e. The smallest absolute Gasteiger partial charge is 0.425 e. The predicted molar refractivity (Wildman–Crippen MR) is 134 cm³/mol. The number of aliphatic imine (C=N–C) groups is 1. The van der Waals surface area contributed by atoms with E-state index < -0.39 is 67.1 Å². The summed E-state index contributed by atoms with van der Waals surface area (Å²) in [6.07, 6.45) is -2.60. The van der Waals surface area contributed by atoms with E-state index in [9.17, 15) is 18.0 Å². The van der Waals surface area contributed by atoms with Crippen LogP contribution in [-0.4, -0.2) is 59.2 Å². The lowest BCUT2D eigenvalue weighted by molar-refractivity contribution is 0.0138. The number of carbonyl (C=O) groups excluding carboxylic acids is 2. The Morgan fingerprint density at radius 2 is 1.67 bits per heavy atom. The van der Waals surface area contributed by atoms with Crippen LogP contribution >= 0.6 is 15.9 Å². The topological polar surface area (TPSA) is 102 Å². The molecule has 200 valence electrons. The highest BCUT2D eigenvalue weighted by Gasteiger charge is 2.67. The molecule has 0 unspecified atom stereocenters. The summed E-state index contributed by atoms with van der Waals surface area (Å²) in [7, 11) is -4.28. The van der Waals surface area contributed by atoms with Crippen LogP contribution in [0.3, 0.4) is 0 Å². The fourth-order valence-electron chi connectivity index (χ4n) is 4.53. The number of benzene rings is 1. The summed E-state index contributed by atoms with van der Waals surface area (Å²) in [5, 5.41) is -1.41. The Balaban J connectivity index is 2.36. The van der Waals surface area contributed by atoms with Crippen molar-refractivity contribution in [1.29, 1.82) is 0 Å². The molecule has 12 heteroatoms. The first-order valence-electron chi connectivity index (χ1n) is 11.4.